The topological polar surface area (TPSA) is 92.1 Å². The van der Waals surface area contributed by atoms with Crippen molar-refractivity contribution in [3.63, 3.8) is 0 Å². The minimum atomic E-state index is -0.445. The minimum absolute atomic E-state index is 0.0216. The summed E-state index contributed by atoms with van der Waals surface area (Å²) in [5.41, 5.74) is 2.80. The van der Waals surface area contributed by atoms with Crippen LogP contribution in [-0.4, -0.2) is 38.8 Å². The van der Waals surface area contributed by atoms with E-state index in [9.17, 15) is 14.9 Å². The summed E-state index contributed by atoms with van der Waals surface area (Å²) in [6.45, 7) is 2.88. The summed E-state index contributed by atoms with van der Waals surface area (Å²) in [5.74, 6) is 0.859. The van der Waals surface area contributed by atoms with Gasteiger partial charge in [0.2, 0.25) is 0 Å². The predicted octanol–water partition coefficient (Wildman–Crippen LogP) is 3.80. The Balaban J connectivity index is 1.56. The van der Waals surface area contributed by atoms with Gasteiger partial charge in [0.05, 0.1) is 16.0 Å². The maximum Gasteiger partial charge on any atom is 0.273 e. The maximum absolute atomic E-state index is 12.9. The van der Waals surface area contributed by atoms with Gasteiger partial charge in [0.15, 0.2) is 0 Å². The highest BCUT2D eigenvalue weighted by atomic mass is 16.6. The molecule has 7 nitrogen and oxygen atoms in total. The van der Waals surface area contributed by atoms with E-state index in [1.165, 1.54) is 6.07 Å². The number of aryl methyl sites for hydroxylation is 1. The first kappa shape index (κ1) is 17.2. The minimum Gasteiger partial charge on any atom is -0.342 e. The average molecular weight is 364 g/mol. The lowest BCUT2D eigenvalue weighted by Crippen LogP contribution is -2.39. The second-order valence-corrected chi connectivity index (χ2v) is 6.99. The van der Waals surface area contributed by atoms with Crippen molar-refractivity contribution in [2.75, 3.05) is 13.1 Å². The number of benzene rings is 2. The van der Waals surface area contributed by atoms with E-state index in [0.29, 0.717) is 24.2 Å². The fourth-order valence-electron chi connectivity index (χ4n) is 3.67. The Labute approximate surface area is 156 Å². The van der Waals surface area contributed by atoms with Crippen LogP contribution in [0.25, 0.3) is 11.0 Å². The second-order valence-electron chi connectivity index (χ2n) is 6.99. The summed E-state index contributed by atoms with van der Waals surface area (Å²) in [6, 6.07) is 12.5. The predicted molar refractivity (Wildman–Crippen MR) is 102 cm³/mol. The van der Waals surface area contributed by atoms with Crippen molar-refractivity contribution >= 4 is 22.6 Å². The van der Waals surface area contributed by atoms with E-state index in [2.05, 4.69) is 9.97 Å². The molecule has 4 rings (SSSR count). The second kappa shape index (κ2) is 6.83. The smallest absolute Gasteiger partial charge is 0.273 e. The molecule has 2 aromatic carbocycles. The van der Waals surface area contributed by atoms with Crippen LogP contribution in [-0.2, 0) is 0 Å². The summed E-state index contributed by atoms with van der Waals surface area (Å²) in [6.07, 6.45) is 1.83. The highest BCUT2D eigenvalue weighted by molar-refractivity contribution is 5.95. The Bertz CT molecular complexity index is 994. The van der Waals surface area contributed by atoms with E-state index in [0.717, 1.165) is 29.7 Å². The molecule has 1 fully saturated rings. The fraction of sp³-hybridized carbons (Fsp3) is 0.300. The molecule has 1 atom stereocenters. The van der Waals surface area contributed by atoms with Crippen molar-refractivity contribution in [1.29, 1.82) is 0 Å². The summed E-state index contributed by atoms with van der Waals surface area (Å²) < 4.78 is 0. The Morgan fingerprint density at radius 3 is 2.89 bits per heavy atom. The molecule has 0 radical (unpaired) electrons. The van der Waals surface area contributed by atoms with Crippen molar-refractivity contribution in [1.82, 2.24) is 14.9 Å². The molecule has 1 N–H and O–H groups in total. The molecule has 1 amide bonds. The first-order chi connectivity index (χ1) is 13.0. The molecule has 0 saturated carbocycles. The number of likely N-dealkylation sites (tertiary alicyclic amines) is 1. The number of nitrogens with zero attached hydrogens (tertiary/aromatic N) is 3. The number of hydrogen-bond acceptors (Lipinski definition) is 4. The zero-order valence-electron chi connectivity index (χ0n) is 15.0. The van der Waals surface area contributed by atoms with Crippen LogP contribution in [0, 0.1) is 17.0 Å². The van der Waals surface area contributed by atoms with E-state index < -0.39 is 4.92 Å². The van der Waals surface area contributed by atoms with E-state index in [1.807, 2.05) is 24.3 Å². The number of nitrogens with one attached hydrogen (secondary N) is 1. The van der Waals surface area contributed by atoms with Gasteiger partial charge in [-0.3, -0.25) is 14.9 Å². The van der Waals surface area contributed by atoms with E-state index >= 15 is 0 Å². The van der Waals surface area contributed by atoms with Gasteiger partial charge in [0.25, 0.3) is 11.6 Å². The van der Waals surface area contributed by atoms with Crippen LogP contribution in [0.1, 0.15) is 40.5 Å². The van der Waals surface area contributed by atoms with Gasteiger partial charge in [0, 0.05) is 36.2 Å². The van der Waals surface area contributed by atoms with Crippen molar-refractivity contribution < 1.29 is 9.72 Å². The summed E-state index contributed by atoms with van der Waals surface area (Å²) in [7, 11) is 0. The monoisotopic (exact) mass is 364 g/mol. The van der Waals surface area contributed by atoms with Crippen LogP contribution in [0.2, 0.25) is 0 Å². The Morgan fingerprint density at radius 2 is 2.11 bits per heavy atom. The molecule has 7 heteroatoms. The molecule has 27 heavy (non-hydrogen) atoms. The van der Waals surface area contributed by atoms with Crippen molar-refractivity contribution in [2.45, 2.75) is 25.7 Å². The molecule has 1 aromatic heterocycles. The third-order valence-electron chi connectivity index (χ3n) is 5.16. The van der Waals surface area contributed by atoms with Crippen molar-refractivity contribution in [3.05, 3.63) is 69.5 Å². The number of hydrogen-bond donors (Lipinski definition) is 1. The number of piperidine rings is 1. The van der Waals surface area contributed by atoms with Gasteiger partial charge in [0.1, 0.15) is 5.82 Å². The number of imidazole rings is 1. The van der Waals surface area contributed by atoms with Crippen LogP contribution in [0.15, 0.2) is 42.5 Å². The van der Waals surface area contributed by atoms with Gasteiger partial charge < -0.3 is 9.88 Å². The average Bonchev–Trinajstić information content (AvgIpc) is 3.12. The number of rotatable bonds is 3. The van der Waals surface area contributed by atoms with Gasteiger partial charge in [-0.2, -0.15) is 0 Å². The SMILES string of the molecule is Cc1ccc(C(=O)N2CCC[C@H](c3nc4ccccc4[nH]3)C2)cc1[N+](=O)[O-]. The lowest BCUT2D eigenvalue weighted by atomic mass is 9.96. The number of nitro groups is 1. The zero-order chi connectivity index (χ0) is 19.0. The molecule has 1 aliphatic rings. The van der Waals surface area contributed by atoms with Crippen LogP contribution in [0.5, 0.6) is 0 Å². The normalized spacial score (nSPS) is 17.2. The van der Waals surface area contributed by atoms with E-state index in [4.69, 9.17) is 0 Å². The van der Waals surface area contributed by atoms with Crippen LogP contribution >= 0.6 is 0 Å². The number of aromatic nitrogens is 2. The Kier molecular flexibility index (Phi) is 4.35. The number of amides is 1. The first-order valence-corrected chi connectivity index (χ1v) is 9.02. The molecule has 0 unspecified atom stereocenters. The number of para-hydroxylation sites is 2. The van der Waals surface area contributed by atoms with Gasteiger partial charge in [-0.05, 0) is 38.0 Å². The highest BCUT2D eigenvalue weighted by Gasteiger charge is 2.28. The molecule has 0 bridgehead atoms. The number of fused-ring (bicyclic) bond motifs is 1. The summed E-state index contributed by atoms with van der Waals surface area (Å²) in [4.78, 5) is 33.4. The maximum atomic E-state index is 12.9. The van der Waals surface area contributed by atoms with E-state index in [1.54, 1.807) is 24.0 Å². The third kappa shape index (κ3) is 3.28. The molecule has 2 heterocycles. The highest BCUT2D eigenvalue weighted by Crippen LogP contribution is 2.28. The molecule has 1 aliphatic heterocycles. The standard InChI is InChI=1S/C20H20N4O3/c1-13-8-9-14(11-18(13)24(26)27)20(25)23-10-4-5-15(12-23)19-21-16-6-2-3-7-17(16)22-19/h2-3,6-9,11,15H,4-5,10,12H2,1H3,(H,21,22)/t15-/m0/s1. The summed E-state index contributed by atoms with van der Waals surface area (Å²) >= 11 is 0. The van der Waals surface area contributed by atoms with Gasteiger partial charge in [-0.25, -0.2) is 4.98 Å². The zero-order valence-corrected chi connectivity index (χ0v) is 15.0. The van der Waals surface area contributed by atoms with Gasteiger partial charge in [-0.15, -0.1) is 0 Å². The third-order valence-corrected chi connectivity index (χ3v) is 5.16. The van der Waals surface area contributed by atoms with Gasteiger partial charge in [-0.1, -0.05) is 18.2 Å². The van der Waals surface area contributed by atoms with Gasteiger partial charge >= 0.3 is 0 Å². The van der Waals surface area contributed by atoms with E-state index in [-0.39, 0.29) is 17.5 Å². The quantitative estimate of drug-likeness (QED) is 0.565. The molecular weight excluding hydrogens is 344 g/mol. The van der Waals surface area contributed by atoms with Crippen LogP contribution < -0.4 is 0 Å². The van der Waals surface area contributed by atoms with Crippen molar-refractivity contribution in [3.8, 4) is 0 Å². The lowest BCUT2D eigenvalue weighted by Gasteiger charge is -2.32. The molecule has 3 aromatic rings. The number of carbonyl (C=O) groups excluding carboxylic acids is 1. The Morgan fingerprint density at radius 1 is 1.30 bits per heavy atom. The molecule has 0 spiro atoms. The number of carbonyl (C=O) groups is 1. The van der Waals surface area contributed by atoms with Crippen molar-refractivity contribution in [2.24, 2.45) is 0 Å². The molecule has 1 saturated heterocycles. The number of H-pyrrole nitrogens is 1. The van der Waals surface area contributed by atoms with Crippen LogP contribution in [0.3, 0.4) is 0 Å². The Hall–Kier alpha value is -3.22. The summed E-state index contributed by atoms with van der Waals surface area (Å²) in [5, 5.41) is 11.2. The number of aromatic amines is 1. The lowest BCUT2D eigenvalue weighted by molar-refractivity contribution is -0.385. The largest absolute Gasteiger partial charge is 0.342 e. The van der Waals surface area contributed by atoms with Crippen LogP contribution in [0.4, 0.5) is 5.69 Å². The molecule has 0 aliphatic carbocycles. The first-order valence-electron chi connectivity index (χ1n) is 9.02. The molecule has 138 valence electrons. The molecular formula is C20H20N4O3. The number of nitro benzene ring substituents is 1. The fourth-order valence-corrected chi connectivity index (χ4v) is 3.67.